The standard InChI is InChI=1S/C17H22N2O/c1-3-19(4-2)15-7-11-17(12-8-15)20-16-9-5-14(13-18)6-10-16/h5-12H,3-4,13,18H2,1-2H3. The molecule has 0 unspecified atom stereocenters. The summed E-state index contributed by atoms with van der Waals surface area (Å²) in [6.45, 7) is 6.90. The summed E-state index contributed by atoms with van der Waals surface area (Å²) in [5.41, 5.74) is 7.91. The lowest BCUT2D eigenvalue weighted by atomic mass is 10.2. The molecule has 20 heavy (non-hydrogen) atoms. The predicted octanol–water partition coefficient (Wildman–Crippen LogP) is 3.78. The average Bonchev–Trinajstić information content (AvgIpc) is 2.51. The minimum Gasteiger partial charge on any atom is -0.457 e. The molecule has 2 rings (SSSR count). The number of hydrogen-bond acceptors (Lipinski definition) is 3. The Bertz CT molecular complexity index is 516. The van der Waals surface area contributed by atoms with Crippen molar-refractivity contribution < 1.29 is 4.74 Å². The molecule has 0 aliphatic heterocycles. The smallest absolute Gasteiger partial charge is 0.127 e. The van der Waals surface area contributed by atoms with Gasteiger partial charge in [-0.15, -0.1) is 0 Å². The van der Waals surface area contributed by atoms with Gasteiger partial charge in [0.25, 0.3) is 0 Å². The third-order valence-corrected chi connectivity index (χ3v) is 3.36. The number of rotatable bonds is 6. The van der Waals surface area contributed by atoms with Gasteiger partial charge in [0.15, 0.2) is 0 Å². The fraction of sp³-hybridized carbons (Fsp3) is 0.294. The first-order chi connectivity index (χ1) is 9.76. The number of anilines is 1. The number of nitrogens with two attached hydrogens (primary N) is 1. The van der Waals surface area contributed by atoms with Crippen molar-refractivity contribution in [3.8, 4) is 11.5 Å². The van der Waals surface area contributed by atoms with Gasteiger partial charge in [-0.25, -0.2) is 0 Å². The van der Waals surface area contributed by atoms with E-state index in [0.29, 0.717) is 6.54 Å². The van der Waals surface area contributed by atoms with Gasteiger partial charge in [-0.05, 0) is 55.8 Å². The van der Waals surface area contributed by atoms with Gasteiger partial charge in [0.05, 0.1) is 0 Å². The Morgan fingerprint density at radius 2 is 1.35 bits per heavy atom. The van der Waals surface area contributed by atoms with E-state index >= 15 is 0 Å². The van der Waals surface area contributed by atoms with Crippen molar-refractivity contribution in [2.75, 3.05) is 18.0 Å². The lowest BCUT2D eigenvalue weighted by Gasteiger charge is -2.21. The van der Waals surface area contributed by atoms with Crippen LogP contribution in [0.4, 0.5) is 5.69 Å². The monoisotopic (exact) mass is 270 g/mol. The van der Waals surface area contributed by atoms with E-state index in [1.807, 2.05) is 36.4 Å². The minimum absolute atomic E-state index is 0.554. The highest BCUT2D eigenvalue weighted by atomic mass is 16.5. The topological polar surface area (TPSA) is 38.5 Å². The second-order valence-corrected chi connectivity index (χ2v) is 4.62. The minimum atomic E-state index is 0.554. The highest BCUT2D eigenvalue weighted by Crippen LogP contribution is 2.24. The molecular weight excluding hydrogens is 248 g/mol. The maximum absolute atomic E-state index is 5.82. The van der Waals surface area contributed by atoms with Gasteiger partial charge in [-0.2, -0.15) is 0 Å². The molecule has 3 heteroatoms. The summed E-state index contributed by atoms with van der Waals surface area (Å²) in [5.74, 6) is 1.68. The molecule has 3 nitrogen and oxygen atoms in total. The fourth-order valence-corrected chi connectivity index (χ4v) is 2.14. The van der Waals surface area contributed by atoms with Crippen LogP contribution in [0.15, 0.2) is 48.5 Å². The van der Waals surface area contributed by atoms with Crippen molar-refractivity contribution in [2.24, 2.45) is 5.73 Å². The molecular formula is C17H22N2O. The zero-order valence-corrected chi connectivity index (χ0v) is 12.2. The molecule has 0 amide bonds. The Labute approximate surface area is 121 Å². The van der Waals surface area contributed by atoms with E-state index in [1.54, 1.807) is 0 Å². The van der Waals surface area contributed by atoms with Crippen LogP contribution >= 0.6 is 0 Å². The molecule has 106 valence electrons. The Morgan fingerprint density at radius 3 is 1.80 bits per heavy atom. The zero-order valence-electron chi connectivity index (χ0n) is 12.2. The lowest BCUT2D eigenvalue weighted by Crippen LogP contribution is -2.21. The molecule has 2 N–H and O–H groups in total. The summed E-state index contributed by atoms with van der Waals surface area (Å²) in [5, 5.41) is 0. The molecule has 0 aromatic heterocycles. The quantitative estimate of drug-likeness (QED) is 0.868. The first-order valence-electron chi connectivity index (χ1n) is 7.08. The fourth-order valence-electron chi connectivity index (χ4n) is 2.14. The van der Waals surface area contributed by atoms with E-state index in [9.17, 15) is 0 Å². The Kier molecular flexibility index (Phi) is 5.02. The largest absolute Gasteiger partial charge is 0.457 e. The van der Waals surface area contributed by atoms with Gasteiger partial charge < -0.3 is 15.4 Å². The Hall–Kier alpha value is -2.00. The van der Waals surface area contributed by atoms with Gasteiger partial charge in [0, 0.05) is 25.3 Å². The molecule has 0 fully saturated rings. The number of ether oxygens (including phenoxy) is 1. The van der Waals surface area contributed by atoms with Gasteiger partial charge in [-0.1, -0.05) is 12.1 Å². The van der Waals surface area contributed by atoms with Gasteiger partial charge in [0.2, 0.25) is 0 Å². The van der Waals surface area contributed by atoms with Gasteiger partial charge in [-0.3, -0.25) is 0 Å². The summed E-state index contributed by atoms with van der Waals surface area (Å²) in [7, 11) is 0. The number of benzene rings is 2. The normalized spacial score (nSPS) is 10.3. The highest BCUT2D eigenvalue weighted by molar-refractivity contribution is 5.49. The van der Waals surface area contributed by atoms with E-state index in [4.69, 9.17) is 10.5 Å². The highest BCUT2D eigenvalue weighted by Gasteiger charge is 2.02. The zero-order chi connectivity index (χ0) is 14.4. The maximum atomic E-state index is 5.82. The van der Waals surface area contributed by atoms with E-state index in [-0.39, 0.29) is 0 Å². The van der Waals surface area contributed by atoms with Crippen molar-refractivity contribution in [1.29, 1.82) is 0 Å². The maximum Gasteiger partial charge on any atom is 0.127 e. The summed E-state index contributed by atoms with van der Waals surface area (Å²) in [4.78, 5) is 2.31. The molecule has 0 saturated carbocycles. The first kappa shape index (κ1) is 14.4. The Balaban J connectivity index is 2.06. The van der Waals surface area contributed by atoms with Crippen LogP contribution < -0.4 is 15.4 Å². The molecule has 2 aromatic rings. The van der Waals surface area contributed by atoms with E-state index < -0.39 is 0 Å². The Morgan fingerprint density at radius 1 is 0.850 bits per heavy atom. The second-order valence-electron chi connectivity index (χ2n) is 4.62. The van der Waals surface area contributed by atoms with Crippen molar-refractivity contribution in [3.05, 3.63) is 54.1 Å². The van der Waals surface area contributed by atoms with Gasteiger partial charge in [0.1, 0.15) is 11.5 Å². The van der Waals surface area contributed by atoms with Crippen LogP contribution in [0.1, 0.15) is 19.4 Å². The molecule has 0 bridgehead atoms. The van der Waals surface area contributed by atoms with Crippen LogP contribution in [0.3, 0.4) is 0 Å². The molecule has 0 spiro atoms. The SMILES string of the molecule is CCN(CC)c1ccc(Oc2ccc(CN)cc2)cc1. The molecule has 0 aliphatic carbocycles. The summed E-state index contributed by atoms with van der Waals surface area (Å²) < 4.78 is 5.82. The molecule has 0 heterocycles. The lowest BCUT2D eigenvalue weighted by molar-refractivity contribution is 0.482. The van der Waals surface area contributed by atoms with E-state index in [0.717, 1.165) is 30.2 Å². The van der Waals surface area contributed by atoms with Crippen molar-refractivity contribution in [3.63, 3.8) is 0 Å². The predicted molar refractivity (Wildman–Crippen MR) is 84.4 cm³/mol. The molecule has 0 saturated heterocycles. The number of nitrogens with zero attached hydrogens (tertiary/aromatic N) is 1. The van der Waals surface area contributed by atoms with Crippen LogP contribution in [0.25, 0.3) is 0 Å². The molecule has 0 radical (unpaired) electrons. The summed E-state index contributed by atoms with van der Waals surface area (Å²) in [6, 6.07) is 16.1. The van der Waals surface area contributed by atoms with Crippen LogP contribution in [-0.2, 0) is 6.54 Å². The first-order valence-corrected chi connectivity index (χ1v) is 7.08. The summed E-state index contributed by atoms with van der Waals surface area (Å²) >= 11 is 0. The third-order valence-electron chi connectivity index (χ3n) is 3.36. The molecule has 2 aromatic carbocycles. The van der Waals surface area contributed by atoms with Gasteiger partial charge >= 0.3 is 0 Å². The van der Waals surface area contributed by atoms with Crippen LogP contribution in [0.2, 0.25) is 0 Å². The second kappa shape index (κ2) is 6.96. The summed E-state index contributed by atoms with van der Waals surface area (Å²) in [6.07, 6.45) is 0. The molecule has 0 atom stereocenters. The average molecular weight is 270 g/mol. The molecule has 0 aliphatic rings. The number of hydrogen-bond donors (Lipinski definition) is 1. The van der Waals surface area contributed by atoms with E-state index in [2.05, 4.69) is 30.9 Å². The van der Waals surface area contributed by atoms with Crippen molar-refractivity contribution in [2.45, 2.75) is 20.4 Å². The third kappa shape index (κ3) is 3.52. The van der Waals surface area contributed by atoms with Crippen LogP contribution in [-0.4, -0.2) is 13.1 Å². The van der Waals surface area contributed by atoms with E-state index in [1.165, 1.54) is 5.69 Å². The van der Waals surface area contributed by atoms with Crippen molar-refractivity contribution >= 4 is 5.69 Å². The van der Waals surface area contributed by atoms with Crippen molar-refractivity contribution in [1.82, 2.24) is 0 Å². The van der Waals surface area contributed by atoms with Crippen LogP contribution in [0, 0.1) is 0 Å². The van der Waals surface area contributed by atoms with Crippen LogP contribution in [0.5, 0.6) is 11.5 Å².